The van der Waals surface area contributed by atoms with Gasteiger partial charge in [0.25, 0.3) is 0 Å². The van der Waals surface area contributed by atoms with E-state index in [1.165, 1.54) is 7.11 Å². The summed E-state index contributed by atoms with van der Waals surface area (Å²) in [4.78, 5) is 18.3. The van der Waals surface area contributed by atoms with E-state index in [1.807, 2.05) is 13.0 Å². The van der Waals surface area contributed by atoms with Crippen LogP contribution in [-0.2, 0) is 4.74 Å². The Kier molecular flexibility index (Phi) is 2.21. The molecule has 1 unspecified atom stereocenters. The number of carbonyl (C=O) groups is 1. The first-order chi connectivity index (χ1) is 8.19. The first-order valence-corrected chi connectivity index (χ1v) is 5.80. The van der Waals surface area contributed by atoms with E-state index in [4.69, 9.17) is 4.74 Å². The SMILES string of the molecule is COC(=O)c1nc2c(cc1C)N1CCC(C1)N2. The molecule has 1 saturated heterocycles. The lowest BCUT2D eigenvalue weighted by Gasteiger charge is -2.28. The molecule has 1 aromatic heterocycles. The van der Waals surface area contributed by atoms with E-state index < -0.39 is 0 Å². The summed E-state index contributed by atoms with van der Waals surface area (Å²) in [5.41, 5.74) is 2.37. The van der Waals surface area contributed by atoms with Crippen LogP contribution < -0.4 is 10.2 Å². The van der Waals surface area contributed by atoms with Crippen molar-refractivity contribution in [1.29, 1.82) is 0 Å². The molecule has 1 N–H and O–H groups in total. The summed E-state index contributed by atoms with van der Waals surface area (Å²) in [6.45, 7) is 3.98. The van der Waals surface area contributed by atoms with Crippen molar-refractivity contribution >= 4 is 17.5 Å². The van der Waals surface area contributed by atoms with E-state index in [0.717, 1.165) is 36.6 Å². The van der Waals surface area contributed by atoms with Gasteiger partial charge in [0.1, 0.15) is 0 Å². The van der Waals surface area contributed by atoms with Crippen molar-refractivity contribution in [3.05, 3.63) is 17.3 Å². The highest BCUT2D eigenvalue weighted by Crippen LogP contribution is 2.35. The fraction of sp³-hybridized carbons (Fsp3) is 0.500. The molecule has 2 aliphatic rings. The van der Waals surface area contributed by atoms with Gasteiger partial charge in [0.2, 0.25) is 0 Å². The maximum absolute atomic E-state index is 11.6. The van der Waals surface area contributed by atoms with Gasteiger partial charge in [-0.2, -0.15) is 0 Å². The molecule has 0 aliphatic carbocycles. The Morgan fingerprint density at radius 3 is 3.24 bits per heavy atom. The second-order valence-electron chi connectivity index (χ2n) is 4.59. The Hall–Kier alpha value is -1.78. The van der Waals surface area contributed by atoms with E-state index in [9.17, 15) is 4.79 Å². The number of rotatable bonds is 1. The number of pyridine rings is 1. The van der Waals surface area contributed by atoms with Gasteiger partial charge in [-0.3, -0.25) is 0 Å². The van der Waals surface area contributed by atoms with Gasteiger partial charge < -0.3 is 15.0 Å². The normalized spacial score (nSPS) is 20.8. The van der Waals surface area contributed by atoms with Crippen LogP contribution in [0.15, 0.2) is 6.07 Å². The summed E-state index contributed by atoms with van der Waals surface area (Å²) in [6, 6.07) is 2.48. The number of nitrogens with zero attached hydrogens (tertiary/aromatic N) is 2. The van der Waals surface area contributed by atoms with Gasteiger partial charge in [-0.1, -0.05) is 0 Å². The molecule has 0 spiro atoms. The summed E-state index contributed by atoms with van der Waals surface area (Å²) in [5.74, 6) is 0.435. The minimum absolute atomic E-state index is 0.375. The molecule has 0 radical (unpaired) electrons. The van der Waals surface area contributed by atoms with Crippen LogP contribution in [0.1, 0.15) is 22.5 Å². The van der Waals surface area contributed by atoms with E-state index in [0.29, 0.717) is 11.7 Å². The molecule has 1 fully saturated rings. The van der Waals surface area contributed by atoms with Crippen LogP contribution in [0, 0.1) is 6.92 Å². The Morgan fingerprint density at radius 2 is 2.47 bits per heavy atom. The quantitative estimate of drug-likeness (QED) is 0.738. The monoisotopic (exact) mass is 233 g/mol. The van der Waals surface area contributed by atoms with Crippen molar-refractivity contribution in [3.8, 4) is 0 Å². The van der Waals surface area contributed by atoms with Crippen molar-refractivity contribution < 1.29 is 9.53 Å². The number of methoxy groups -OCH3 is 1. The molecule has 3 heterocycles. The molecule has 0 aromatic carbocycles. The lowest BCUT2D eigenvalue weighted by atomic mass is 10.1. The average Bonchev–Trinajstić information content (AvgIpc) is 2.72. The molecule has 5 nitrogen and oxygen atoms in total. The summed E-state index contributed by atoms with van der Waals surface area (Å²) < 4.78 is 4.73. The highest BCUT2D eigenvalue weighted by molar-refractivity contribution is 5.91. The number of fused-ring (bicyclic) bond motifs is 4. The maximum Gasteiger partial charge on any atom is 0.357 e. The van der Waals surface area contributed by atoms with E-state index in [2.05, 4.69) is 15.2 Å². The van der Waals surface area contributed by atoms with Crippen LogP contribution in [0.5, 0.6) is 0 Å². The van der Waals surface area contributed by atoms with Gasteiger partial charge in [-0.25, -0.2) is 9.78 Å². The summed E-state index contributed by atoms with van der Waals surface area (Å²) >= 11 is 0. The molecule has 2 aliphatic heterocycles. The lowest BCUT2D eigenvalue weighted by Crippen LogP contribution is -2.33. The van der Waals surface area contributed by atoms with Gasteiger partial charge in [0, 0.05) is 19.1 Å². The standard InChI is InChI=1S/C12H15N3O2/c1-7-5-9-11(14-10(7)12(16)17-2)13-8-3-4-15(9)6-8/h5,8H,3-4,6H2,1-2H3,(H,13,14). The summed E-state index contributed by atoms with van der Waals surface area (Å²) in [6.07, 6.45) is 1.13. The largest absolute Gasteiger partial charge is 0.464 e. The van der Waals surface area contributed by atoms with Crippen molar-refractivity contribution in [1.82, 2.24) is 4.98 Å². The molecule has 17 heavy (non-hydrogen) atoms. The smallest absolute Gasteiger partial charge is 0.357 e. The van der Waals surface area contributed by atoms with Crippen LogP contribution in [-0.4, -0.2) is 37.2 Å². The number of aromatic nitrogens is 1. The summed E-state index contributed by atoms with van der Waals surface area (Å²) in [7, 11) is 1.38. The van der Waals surface area contributed by atoms with Crippen molar-refractivity contribution in [2.24, 2.45) is 0 Å². The third kappa shape index (κ3) is 1.53. The molecule has 5 heteroatoms. The zero-order chi connectivity index (χ0) is 12.0. The number of hydrogen-bond donors (Lipinski definition) is 1. The molecule has 2 bridgehead atoms. The number of carbonyl (C=O) groups excluding carboxylic acids is 1. The minimum atomic E-state index is -0.375. The number of anilines is 2. The average molecular weight is 233 g/mol. The third-order valence-corrected chi connectivity index (χ3v) is 3.44. The topological polar surface area (TPSA) is 54.5 Å². The van der Waals surface area contributed by atoms with E-state index >= 15 is 0 Å². The molecule has 90 valence electrons. The maximum atomic E-state index is 11.6. The van der Waals surface area contributed by atoms with Gasteiger partial charge in [0.05, 0.1) is 12.8 Å². The van der Waals surface area contributed by atoms with Gasteiger partial charge in [-0.05, 0) is 25.0 Å². The van der Waals surface area contributed by atoms with Gasteiger partial charge in [-0.15, -0.1) is 0 Å². The fourth-order valence-corrected chi connectivity index (χ4v) is 2.54. The Bertz CT molecular complexity index is 487. The lowest BCUT2D eigenvalue weighted by molar-refractivity contribution is 0.0593. The third-order valence-electron chi connectivity index (χ3n) is 3.44. The molecular weight excluding hydrogens is 218 g/mol. The molecule has 0 amide bonds. The Morgan fingerprint density at radius 1 is 1.65 bits per heavy atom. The fourth-order valence-electron chi connectivity index (χ4n) is 2.54. The zero-order valence-corrected chi connectivity index (χ0v) is 9.99. The second-order valence-corrected chi connectivity index (χ2v) is 4.59. The van der Waals surface area contributed by atoms with E-state index in [1.54, 1.807) is 0 Å². The highest BCUT2D eigenvalue weighted by Gasteiger charge is 2.31. The predicted octanol–water partition coefficient (Wildman–Crippen LogP) is 1.18. The predicted molar refractivity (Wildman–Crippen MR) is 64.6 cm³/mol. The van der Waals surface area contributed by atoms with Crippen LogP contribution in [0.3, 0.4) is 0 Å². The van der Waals surface area contributed by atoms with E-state index in [-0.39, 0.29) is 5.97 Å². The molecule has 3 rings (SSSR count). The molecule has 1 aromatic rings. The zero-order valence-electron chi connectivity index (χ0n) is 9.99. The van der Waals surface area contributed by atoms with Crippen LogP contribution in [0.2, 0.25) is 0 Å². The van der Waals surface area contributed by atoms with Crippen molar-refractivity contribution in [3.63, 3.8) is 0 Å². The first kappa shape index (κ1) is 10.4. The van der Waals surface area contributed by atoms with Gasteiger partial charge in [0.15, 0.2) is 11.5 Å². The minimum Gasteiger partial charge on any atom is -0.464 e. The van der Waals surface area contributed by atoms with Crippen LogP contribution in [0.25, 0.3) is 0 Å². The molecule has 0 saturated carbocycles. The second kappa shape index (κ2) is 3.61. The van der Waals surface area contributed by atoms with Crippen molar-refractivity contribution in [2.45, 2.75) is 19.4 Å². The number of nitrogens with one attached hydrogen (secondary N) is 1. The number of aryl methyl sites for hydroxylation is 1. The Labute approximate surface area is 99.8 Å². The summed E-state index contributed by atoms with van der Waals surface area (Å²) in [5, 5.41) is 3.37. The van der Waals surface area contributed by atoms with Gasteiger partial charge >= 0.3 is 5.97 Å². The Balaban J connectivity index is 2.07. The van der Waals surface area contributed by atoms with Crippen LogP contribution >= 0.6 is 0 Å². The highest BCUT2D eigenvalue weighted by atomic mass is 16.5. The molecule has 1 atom stereocenters. The number of ether oxygens (including phenoxy) is 1. The number of hydrogen-bond acceptors (Lipinski definition) is 5. The molecular formula is C12H15N3O2. The van der Waals surface area contributed by atoms with Crippen LogP contribution in [0.4, 0.5) is 11.5 Å². The first-order valence-electron chi connectivity index (χ1n) is 5.80. The van der Waals surface area contributed by atoms with Crippen molar-refractivity contribution in [2.75, 3.05) is 30.4 Å². The number of esters is 1.